The lowest BCUT2D eigenvalue weighted by Crippen LogP contribution is -2.18. The Kier molecular flexibility index (Phi) is 3.96. The lowest BCUT2D eigenvalue weighted by Gasteiger charge is -2.02. The normalized spacial score (nSPS) is 12.8. The first kappa shape index (κ1) is 11.5. The lowest BCUT2D eigenvalue weighted by molar-refractivity contribution is -0.394. The van der Waals surface area contributed by atoms with Gasteiger partial charge in [0.05, 0.1) is 12.6 Å². The van der Waals surface area contributed by atoms with Crippen molar-refractivity contribution in [1.29, 1.82) is 0 Å². The standard InChI is InChI=1S/C5H6Br2N4O3/c6-1-3(12)2-10-4(7)8-5(9-10)11(13)14/h3,12H,1-2H2. The van der Waals surface area contributed by atoms with E-state index in [1.165, 1.54) is 4.68 Å². The molecule has 0 fully saturated rings. The molecule has 14 heavy (non-hydrogen) atoms. The van der Waals surface area contributed by atoms with E-state index in [1.807, 2.05) is 0 Å². The molecule has 0 radical (unpaired) electrons. The molecule has 0 aliphatic carbocycles. The van der Waals surface area contributed by atoms with Gasteiger partial charge in [0.1, 0.15) is 0 Å². The van der Waals surface area contributed by atoms with E-state index in [4.69, 9.17) is 0 Å². The molecule has 1 rings (SSSR count). The Labute approximate surface area is 95.5 Å². The molecule has 0 spiro atoms. The quantitative estimate of drug-likeness (QED) is 0.498. The van der Waals surface area contributed by atoms with Gasteiger partial charge in [-0.05, 0) is 9.91 Å². The third-order valence-corrected chi connectivity index (χ3v) is 2.67. The van der Waals surface area contributed by atoms with Crippen LogP contribution in [0.4, 0.5) is 5.95 Å². The SMILES string of the molecule is O=[N+]([O-])c1nc(Br)n(CC(O)CBr)n1. The molecule has 1 aromatic heterocycles. The Bertz CT molecular complexity index is 342. The van der Waals surface area contributed by atoms with Gasteiger partial charge < -0.3 is 15.2 Å². The van der Waals surface area contributed by atoms with Crippen molar-refractivity contribution in [2.45, 2.75) is 12.6 Å². The average molecular weight is 330 g/mol. The molecule has 7 nitrogen and oxygen atoms in total. The van der Waals surface area contributed by atoms with Gasteiger partial charge in [0.15, 0.2) is 0 Å². The minimum absolute atomic E-state index is 0.146. The molecule has 0 aliphatic heterocycles. The van der Waals surface area contributed by atoms with Gasteiger partial charge in [-0.25, -0.2) is 0 Å². The molecule has 0 saturated heterocycles. The second-order valence-corrected chi connectivity index (χ2v) is 3.78. The summed E-state index contributed by atoms with van der Waals surface area (Å²) in [6, 6.07) is 0. The molecule has 9 heteroatoms. The Balaban J connectivity index is 2.82. The van der Waals surface area contributed by atoms with Crippen molar-refractivity contribution in [2.75, 3.05) is 5.33 Å². The number of rotatable bonds is 4. The van der Waals surface area contributed by atoms with Crippen LogP contribution < -0.4 is 0 Å². The summed E-state index contributed by atoms with van der Waals surface area (Å²) < 4.78 is 1.45. The van der Waals surface area contributed by atoms with Gasteiger partial charge in [0.25, 0.3) is 4.73 Å². The van der Waals surface area contributed by atoms with Crippen molar-refractivity contribution in [3.05, 3.63) is 14.8 Å². The molecule has 0 bridgehead atoms. The number of aliphatic hydroxyl groups excluding tert-OH is 1. The fourth-order valence-corrected chi connectivity index (χ4v) is 1.34. The molecular formula is C5H6Br2N4O3. The third-order valence-electron chi connectivity index (χ3n) is 1.34. The maximum Gasteiger partial charge on any atom is 0.492 e. The number of nitro groups is 1. The molecule has 1 heterocycles. The Hall–Kier alpha value is -0.540. The van der Waals surface area contributed by atoms with E-state index < -0.39 is 17.0 Å². The minimum Gasteiger partial charge on any atom is -0.390 e. The predicted molar refractivity (Wildman–Crippen MR) is 54.2 cm³/mol. The highest BCUT2D eigenvalue weighted by atomic mass is 79.9. The first-order chi connectivity index (χ1) is 6.54. The van der Waals surface area contributed by atoms with Crippen molar-refractivity contribution in [2.24, 2.45) is 0 Å². The number of nitrogens with zero attached hydrogens (tertiary/aromatic N) is 4. The van der Waals surface area contributed by atoms with E-state index in [0.29, 0.717) is 5.33 Å². The Morgan fingerprint density at radius 1 is 1.71 bits per heavy atom. The van der Waals surface area contributed by atoms with Crippen LogP contribution in [0, 0.1) is 10.1 Å². The second kappa shape index (κ2) is 4.80. The lowest BCUT2D eigenvalue weighted by atomic mass is 10.4. The summed E-state index contributed by atoms with van der Waals surface area (Å²) in [5, 5.41) is 23.5. The van der Waals surface area contributed by atoms with Gasteiger partial charge in [0.2, 0.25) is 0 Å². The van der Waals surface area contributed by atoms with Gasteiger partial charge in [-0.15, -0.1) is 0 Å². The smallest absolute Gasteiger partial charge is 0.390 e. The first-order valence-electron chi connectivity index (χ1n) is 3.53. The summed E-state index contributed by atoms with van der Waals surface area (Å²) in [5.74, 6) is -0.487. The molecule has 0 amide bonds. The van der Waals surface area contributed by atoms with Crippen molar-refractivity contribution in [3.63, 3.8) is 0 Å². The molecule has 0 aromatic carbocycles. The van der Waals surface area contributed by atoms with Crippen LogP contribution in [0.3, 0.4) is 0 Å². The van der Waals surface area contributed by atoms with E-state index >= 15 is 0 Å². The number of hydrogen-bond acceptors (Lipinski definition) is 5. The van der Waals surface area contributed by atoms with E-state index in [1.54, 1.807) is 0 Å². The fourth-order valence-electron chi connectivity index (χ4n) is 0.754. The number of aromatic nitrogens is 3. The molecule has 1 N–H and O–H groups in total. The Morgan fingerprint density at radius 3 is 2.79 bits per heavy atom. The maximum absolute atomic E-state index is 10.3. The Morgan fingerprint density at radius 2 is 2.36 bits per heavy atom. The van der Waals surface area contributed by atoms with Crippen molar-refractivity contribution in [3.8, 4) is 0 Å². The zero-order valence-corrected chi connectivity index (χ0v) is 9.97. The zero-order chi connectivity index (χ0) is 10.7. The molecule has 1 unspecified atom stereocenters. The number of aliphatic hydroxyl groups is 1. The summed E-state index contributed by atoms with van der Waals surface area (Å²) in [6.07, 6.45) is -0.660. The molecule has 1 atom stereocenters. The summed E-state index contributed by atoms with van der Waals surface area (Å²) in [7, 11) is 0. The molecule has 78 valence electrons. The van der Waals surface area contributed by atoms with Crippen LogP contribution in [0.25, 0.3) is 0 Å². The zero-order valence-electron chi connectivity index (χ0n) is 6.80. The van der Waals surface area contributed by atoms with E-state index in [0.717, 1.165) is 0 Å². The number of halogens is 2. The van der Waals surface area contributed by atoms with Gasteiger partial charge >= 0.3 is 5.95 Å². The third kappa shape index (κ3) is 2.72. The highest BCUT2D eigenvalue weighted by molar-refractivity contribution is 9.10. The number of hydrogen-bond donors (Lipinski definition) is 1. The van der Waals surface area contributed by atoms with E-state index in [-0.39, 0.29) is 11.3 Å². The van der Waals surface area contributed by atoms with Gasteiger partial charge in [-0.2, -0.15) is 4.68 Å². The predicted octanol–water partition coefficient (Wildman–Crippen LogP) is 0.705. The van der Waals surface area contributed by atoms with E-state index in [2.05, 4.69) is 41.9 Å². The van der Waals surface area contributed by atoms with Gasteiger partial charge in [-0.3, -0.25) is 0 Å². The molecule has 1 aromatic rings. The van der Waals surface area contributed by atoms with Gasteiger partial charge in [0, 0.05) is 26.4 Å². The van der Waals surface area contributed by atoms with Crippen LogP contribution in [0.15, 0.2) is 4.73 Å². The first-order valence-corrected chi connectivity index (χ1v) is 5.44. The highest BCUT2D eigenvalue weighted by Crippen LogP contribution is 2.12. The maximum atomic E-state index is 10.3. The summed E-state index contributed by atoms with van der Waals surface area (Å²) in [6.45, 7) is 0.146. The van der Waals surface area contributed by atoms with Crippen molar-refractivity contribution in [1.82, 2.24) is 14.8 Å². The van der Waals surface area contributed by atoms with Crippen molar-refractivity contribution < 1.29 is 10.0 Å². The largest absolute Gasteiger partial charge is 0.492 e. The van der Waals surface area contributed by atoms with Crippen LogP contribution in [-0.4, -0.2) is 36.2 Å². The summed E-state index contributed by atoms with van der Waals surface area (Å²) >= 11 is 6.07. The minimum atomic E-state index is -0.693. The fraction of sp³-hybridized carbons (Fsp3) is 0.600. The van der Waals surface area contributed by atoms with Crippen LogP contribution in [0.1, 0.15) is 0 Å². The number of alkyl halides is 1. The van der Waals surface area contributed by atoms with Crippen LogP contribution >= 0.6 is 31.9 Å². The molecular weight excluding hydrogens is 324 g/mol. The monoisotopic (exact) mass is 328 g/mol. The second-order valence-electron chi connectivity index (χ2n) is 2.43. The van der Waals surface area contributed by atoms with Crippen LogP contribution in [-0.2, 0) is 6.54 Å². The van der Waals surface area contributed by atoms with Crippen molar-refractivity contribution >= 4 is 37.8 Å². The topological polar surface area (TPSA) is 94.1 Å². The van der Waals surface area contributed by atoms with Crippen LogP contribution in [0.2, 0.25) is 0 Å². The van der Waals surface area contributed by atoms with Crippen LogP contribution in [0.5, 0.6) is 0 Å². The molecule has 0 saturated carbocycles. The van der Waals surface area contributed by atoms with Gasteiger partial charge in [-0.1, -0.05) is 15.9 Å². The molecule has 0 aliphatic rings. The highest BCUT2D eigenvalue weighted by Gasteiger charge is 2.20. The summed E-state index contributed by atoms with van der Waals surface area (Å²) in [5.41, 5.74) is 0. The average Bonchev–Trinajstić information content (AvgIpc) is 2.48. The van der Waals surface area contributed by atoms with E-state index in [9.17, 15) is 15.2 Å². The summed E-state index contributed by atoms with van der Waals surface area (Å²) in [4.78, 5) is 13.1.